The van der Waals surface area contributed by atoms with E-state index >= 15 is 0 Å². The molecule has 2 N–H and O–H groups in total. The third-order valence-corrected chi connectivity index (χ3v) is 2.92. The number of aromatic nitrogens is 2. The van der Waals surface area contributed by atoms with Crippen LogP contribution in [0.15, 0.2) is 0 Å². The number of rotatable bonds is 6. The van der Waals surface area contributed by atoms with Gasteiger partial charge in [-0.1, -0.05) is 24.7 Å². The largest absolute Gasteiger partial charge is 0.360 e. The fraction of sp³-hybridized carbons (Fsp3) is 0.600. The molecule has 0 spiro atoms. The molecule has 7 heteroatoms. The number of unbranched alkanes of at least 4 members (excludes halogenated alkanes) is 1. The summed E-state index contributed by atoms with van der Waals surface area (Å²) in [6.07, 6.45) is 2.16. The van der Waals surface area contributed by atoms with Crippen LogP contribution in [0.5, 0.6) is 0 Å². The highest BCUT2D eigenvalue weighted by atomic mass is 32.1. The minimum Gasteiger partial charge on any atom is -0.360 e. The molecule has 0 radical (unpaired) electrons. The van der Waals surface area contributed by atoms with Gasteiger partial charge in [0, 0.05) is 13.5 Å². The summed E-state index contributed by atoms with van der Waals surface area (Å²) < 4.78 is 0. The van der Waals surface area contributed by atoms with Crippen molar-refractivity contribution in [3.63, 3.8) is 0 Å². The molecule has 1 amide bonds. The van der Waals surface area contributed by atoms with Gasteiger partial charge in [-0.05, 0) is 6.42 Å². The lowest BCUT2D eigenvalue weighted by molar-refractivity contribution is -0.119. The topological polar surface area (TPSA) is 90.7 Å². The molecule has 1 rings (SSSR count). The van der Waals surface area contributed by atoms with Crippen LogP contribution in [0.25, 0.3) is 0 Å². The monoisotopic (exact) mass is 253 g/mol. The van der Waals surface area contributed by atoms with Crippen molar-refractivity contribution >= 4 is 22.4 Å². The Morgan fingerprint density at radius 3 is 2.94 bits per heavy atom. The van der Waals surface area contributed by atoms with E-state index in [2.05, 4.69) is 27.8 Å². The van der Waals surface area contributed by atoms with Crippen LogP contribution in [0.4, 0.5) is 5.13 Å². The molecular weight excluding hydrogens is 238 g/mol. The number of carbonyl (C=O) groups is 1. The van der Waals surface area contributed by atoms with Crippen LogP contribution in [0, 0.1) is 11.3 Å². The summed E-state index contributed by atoms with van der Waals surface area (Å²) >= 11 is 1.29. The Hall–Kier alpha value is -1.68. The van der Waals surface area contributed by atoms with Crippen molar-refractivity contribution in [1.29, 1.82) is 5.26 Å². The lowest BCUT2D eigenvalue weighted by atomic mass is 10.3. The molecule has 92 valence electrons. The Morgan fingerprint density at radius 2 is 2.35 bits per heavy atom. The van der Waals surface area contributed by atoms with E-state index in [0.29, 0.717) is 10.1 Å². The highest BCUT2D eigenvalue weighted by molar-refractivity contribution is 7.15. The van der Waals surface area contributed by atoms with Crippen LogP contribution < -0.4 is 10.6 Å². The molecule has 1 aromatic heterocycles. The van der Waals surface area contributed by atoms with Crippen molar-refractivity contribution < 1.29 is 4.79 Å². The Labute approximate surface area is 104 Å². The molecule has 0 aliphatic heterocycles. The van der Waals surface area contributed by atoms with E-state index in [1.807, 2.05) is 6.07 Å². The fourth-order valence-electron chi connectivity index (χ4n) is 1.15. The number of anilines is 1. The number of nitrogens with one attached hydrogen (secondary N) is 2. The van der Waals surface area contributed by atoms with E-state index in [-0.39, 0.29) is 5.91 Å². The third-order valence-electron chi connectivity index (χ3n) is 1.97. The van der Waals surface area contributed by atoms with Crippen LogP contribution >= 0.6 is 11.3 Å². The fourth-order valence-corrected chi connectivity index (χ4v) is 1.91. The molecule has 1 unspecified atom stereocenters. The highest BCUT2D eigenvalue weighted by Gasteiger charge is 2.16. The lowest BCUT2D eigenvalue weighted by Crippen LogP contribution is -2.24. The van der Waals surface area contributed by atoms with E-state index < -0.39 is 6.04 Å². The van der Waals surface area contributed by atoms with Gasteiger partial charge in [0.25, 0.3) is 0 Å². The second-order valence-corrected chi connectivity index (χ2v) is 4.50. The molecule has 0 fully saturated rings. The van der Waals surface area contributed by atoms with E-state index in [1.54, 1.807) is 0 Å². The van der Waals surface area contributed by atoms with Gasteiger partial charge in [-0.25, -0.2) is 0 Å². The van der Waals surface area contributed by atoms with Gasteiger partial charge in [0.15, 0.2) is 11.0 Å². The summed E-state index contributed by atoms with van der Waals surface area (Å²) in [4.78, 5) is 10.9. The molecular formula is C10H15N5OS. The molecule has 6 nitrogen and oxygen atoms in total. The molecule has 1 atom stereocenters. The summed E-state index contributed by atoms with van der Waals surface area (Å²) in [6.45, 7) is 4.31. The van der Waals surface area contributed by atoms with Crippen molar-refractivity contribution in [2.75, 3.05) is 11.9 Å². The number of carbonyl (C=O) groups excluding carboxylic acids is 1. The van der Waals surface area contributed by atoms with E-state index in [4.69, 9.17) is 5.26 Å². The predicted molar refractivity (Wildman–Crippen MR) is 65.5 cm³/mol. The lowest BCUT2D eigenvalue weighted by Gasteiger charge is -2.04. The van der Waals surface area contributed by atoms with Crippen LogP contribution in [-0.4, -0.2) is 22.6 Å². The minimum absolute atomic E-state index is 0.257. The van der Waals surface area contributed by atoms with Crippen molar-refractivity contribution in [3.8, 4) is 6.07 Å². The normalized spacial score (nSPS) is 11.6. The standard InChI is InChI=1S/C10H15N5OS/c1-3-4-5-12-10-15-14-9(17-10)8(6-11)13-7(2)16/h8H,3-5H2,1-2H3,(H,12,15)(H,13,16). The number of hydrogen-bond donors (Lipinski definition) is 2. The van der Waals surface area contributed by atoms with E-state index in [9.17, 15) is 4.79 Å². The van der Waals surface area contributed by atoms with Crippen molar-refractivity contribution in [1.82, 2.24) is 15.5 Å². The van der Waals surface area contributed by atoms with Gasteiger partial charge in [0.1, 0.15) is 0 Å². The first-order valence-corrected chi connectivity index (χ1v) is 6.23. The minimum atomic E-state index is -0.716. The molecule has 0 bridgehead atoms. The molecule has 0 aliphatic rings. The first-order chi connectivity index (χ1) is 8.17. The van der Waals surface area contributed by atoms with E-state index in [1.165, 1.54) is 18.3 Å². The maximum Gasteiger partial charge on any atom is 0.218 e. The van der Waals surface area contributed by atoms with Crippen LogP contribution in [0.3, 0.4) is 0 Å². The van der Waals surface area contributed by atoms with Gasteiger partial charge in [0.2, 0.25) is 11.0 Å². The summed E-state index contributed by atoms with van der Waals surface area (Å²) in [7, 11) is 0. The van der Waals surface area contributed by atoms with Crippen LogP contribution in [-0.2, 0) is 4.79 Å². The maximum atomic E-state index is 10.9. The summed E-state index contributed by atoms with van der Waals surface area (Å²) in [5, 5.41) is 23.5. The molecule has 0 aliphatic carbocycles. The number of hydrogen-bond acceptors (Lipinski definition) is 6. The Balaban J connectivity index is 2.59. The summed E-state index contributed by atoms with van der Waals surface area (Å²) in [5.74, 6) is -0.257. The third kappa shape index (κ3) is 4.36. The highest BCUT2D eigenvalue weighted by Crippen LogP contribution is 2.21. The molecule has 0 saturated heterocycles. The Morgan fingerprint density at radius 1 is 1.59 bits per heavy atom. The van der Waals surface area contributed by atoms with Gasteiger partial charge < -0.3 is 10.6 Å². The zero-order chi connectivity index (χ0) is 12.7. The number of amides is 1. The summed E-state index contributed by atoms with van der Waals surface area (Å²) in [6, 6.07) is 1.26. The molecule has 1 aromatic rings. The van der Waals surface area contributed by atoms with Crippen LogP contribution in [0.2, 0.25) is 0 Å². The zero-order valence-electron chi connectivity index (χ0n) is 9.86. The van der Waals surface area contributed by atoms with Crippen molar-refractivity contribution in [3.05, 3.63) is 5.01 Å². The second kappa shape index (κ2) is 6.81. The van der Waals surface area contributed by atoms with Gasteiger partial charge in [0.05, 0.1) is 6.07 Å². The number of nitrogens with zero attached hydrogens (tertiary/aromatic N) is 3. The second-order valence-electron chi connectivity index (χ2n) is 3.49. The smallest absolute Gasteiger partial charge is 0.218 e. The van der Waals surface area contributed by atoms with E-state index in [0.717, 1.165) is 19.4 Å². The maximum absolute atomic E-state index is 10.9. The molecule has 0 aromatic carbocycles. The zero-order valence-corrected chi connectivity index (χ0v) is 10.7. The molecule has 0 saturated carbocycles. The van der Waals surface area contributed by atoms with Crippen LogP contribution in [0.1, 0.15) is 37.7 Å². The molecule has 1 heterocycles. The first kappa shape index (κ1) is 13.4. The quantitative estimate of drug-likeness (QED) is 0.749. The first-order valence-electron chi connectivity index (χ1n) is 5.41. The Bertz CT molecular complexity index is 411. The van der Waals surface area contributed by atoms with Crippen molar-refractivity contribution in [2.24, 2.45) is 0 Å². The number of nitriles is 1. The predicted octanol–water partition coefficient (Wildman–Crippen LogP) is 1.45. The van der Waals surface area contributed by atoms with Gasteiger partial charge in [-0.2, -0.15) is 5.26 Å². The van der Waals surface area contributed by atoms with Gasteiger partial charge >= 0.3 is 0 Å². The average Bonchev–Trinajstić information content (AvgIpc) is 2.74. The van der Waals surface area contributed by atoms with Gasteiger partial charge in [-0.3, -0.25) is 4.79 Å². The van der Waals surface area contributed by atoms with Gasteiger partial charge in [-0.15, -0.1) is 10.2 Å². The molecule has 17 heavy (non-hydrogen) atoms. The average molecular weight is 253 g/mol. The SMILES string of the molecule is CCCCNc1nnc(C(C#N)NC(C)=O)s1. The Kier molecular flexibility index (Phi) is 5.36. The van der Waals surface area contributed by atoms with Crippen molar-refractivity contribution in [2.45, 2.75) is 32.7 Å². The summed E-state index contributed by atoms with van der Waals surface area (Å²) in [5.41, 5.74) is 0.